The third kappa shape index (κ3) is 7.77. The van der Waals surface area contributed by atoms with Crippen LogP contribution in [0.4, 0.5) is 0 Å². The highest BCUT2D eigenvalue weighted by Gasteiger charge is 2.13. The lowest BCUT2D eigenvalue weighted by Crippen LogP contribution is -2.28. The van der Waals surface area contributed by atoms with Gasteiger partial charge in [0.05, 0.1) is 0 Å². The largest absolute Gasteiger partial charge is 0.356 e. The van der Waals surface area contributed by atoms with Gasteiger partial charge in [-0.2, -0.15) is 0 Å². The molecule has 0 spiro atoms. The van der Waals surface area contributed by atoms with E-state index in [1.54, 1.807) is 6.92 Å². The summed E-state index contributed by atoms with van der Waals surface area (Å²) >= 11 is 0. The minimum atomic E-state index is -0.0256. The van der Waals surface area contributed by atoms with E-state index in [9.17, 15) is 9.59 Å². The number of Topliss-reactive ketones (excluding diaryl/α,β-unsaturated/α-hetero) is 1. The van der Waals surface area contributed by atoms with Gasteiger partial charge in [0.1, 0.15) is 5.78 Å². The second-order valence-electron chi connectivity index (χ2n) is 4.34. The molecule has 0 radical (unpaired) electrons. The fourth-order valence-electron chi connectivity index (χ4n) is 1.60. The standard InChI is InChI=1S/C11H21NO2/c1-8(2)5-11(6-9(3)13)7-12-10(4)14/h8,11H,5-7H2,1-4H3,(H,12,14). The molecule has 0 aliphatic rings. The Morgan fingerprint density at radius 1 is 1.21 bits per heavy atom. The topological polar surface area (TPSA) is 46.2 Å². The molecule has 0 rings (SSSR count). The summed E-state index contributed by atoms with van der Waals surface area (Å²) in [6.45, 7) is 7.97. The highest BCUT2D eigenvalue weighted by molar-refractivity contribution is 5.76. The predicted octanol–water partition coefficient (Wildman–Crippen LogP) is 1.76. The molecule has 1 N–H and O–H groups in total. The van der Waals surface area contributed by atoms with E-state index in [1.807, 2.05) is 0 Å². The highest BCUT2D eigenvalue weighted by atomic mass is 16.1. The van der Waals surface area contributed by atoms with Crippen LogP contribution < -0.4 is 5.32 Å². The van der Waals surface area contributed by atoms with E-state index >= 15 is 0 Å². The normalized spacial score (nSPS) is 12.6. The number of ketones is 1. The van der Waals surface area contributed by atoms with Crippen molar-refractivity contribution in [2.24, 2.45) is 11.8 Å². The first-order valence-corrected chi connectivity index (χ1v) is 5.15. The molecular weight excluding hydrogens is 178 g/mol. The average molecular weight is 199 g/mol. The van der Waals surface area contributed by atoms with Crippen LogP contribution in [0.1, 0.15) is 40.5 Å². The number of hydrogen-bond donors (Lipinski definition) is 1. The molecule has 0 aliphatic heterocycles. The summed E-state index contributed by atoms with van der Waals surface area (Å²) < 4.78 is 0. The second-order valence-corrected chi connectivity index (χ2v) is 4.34. The molecule has 14 heavy (non-hydrogen) atoms. The Kier molecular flexibility index (Phi) is 6.17. The Morgan fingerprint density at radius 3 is 2.14 bits per heavy atom. The van der Waals surface area contributed by atoms with E-state index in [0.29, 0.717) is 18.9 Å². The van der Waals surface area contributed by atoms with Crippen LogP contribution in [0.15, 0.2) is 0 Å². The van der Waals surface area contributed by atoms with Gasteiger partial charge in [-0.05, 0) is 25.2 Å². The van der Waals surface area contributed by atoms with Crippen LogP contribution in [0.2, 0.25) is 0 Å². The van der Waals surface area contributed by atoms with Crippen LogP contribution in [0, 0.1) is 11.8 Å². The summed E-state index contributed by atoms with van der Waals surface area (Å²) in [6.07, 6.45) is 1.55. The van der Waals surface area contributed by atoms with Crippen LogP contribution >= 0.6 is 0 Å². The van der Waals surface area contributed by atoms with Crippen molar-refractivity contribution in [3.8, 4) is 0 Å². The Labute approximate surface area is 86.3 Å². The molecule has 0 heterocycles. The molecular formula is C11H21NO2. The maximum absolute atomic E-state index is 11.0. The Bertz CT molecular complexity index is 199. The van der Waals surface area contributed by atoms with Crippen LogP contribution in [0.5, 0.6) is 0 Å². The first kappa shape index (κ1) is 13.1. The number of amides is 1. The van der Waals surface area contributed by atoms with E-state index in [4.69, 9.17) is 0 Å². The smallest absolute Gasteiger partial charge is 0.216 e. The second kappa shape index (κ2) is 6.57. The Balaban J connectivity index is 3.96. The van der Waals surface area contributed by atoms with E-state index in [0.717, 1.165) is 6.42 Å². The fraction of sp³-hybridized carbons (Fsp3) is 0.818. The first-order valence-electron chi connectivity index (χ1n) is 5.15. The first-order chi connectivity index (χ1) is 6.41. The van der Waals surface area contributed by atoms with Gasteiger partial charge >= 0.3 is 0 Å². The van der Waals surface area contributed by atoms with Gasteiger partial charge in [-0.25, -0.2) is 0 Å². The number of nitrogens with one attached hydrogen (secondary N) is 1. The van der Waals surface area contributed by atoms with Crippen LogP contribution in [0.25, 0.3) is 0 Å². The molecule has 1 unspecified atom stereocenters. The van der Waals surface area contributed by atoms with Crippen molar-refractivity contribution in [3.63, 3.8) is 0 Å². The molecule has 0 saturated carbocycles. The molecule has 0 bridgehead atoms. The lowest BCUT2D eigenvalue weighted by atomic mass is 9.92. The van der Waals surface area contributed by atoms with E-state index in [2.05, 4.69) is 19.2 Å². The van der Waals surface area contributed by atoms with Crippen molar-refractivity contribution in [3.05, 3.63) is 0 Å². The molecule has 0 aromatic carbocycles. The minimum Gasteiger partial charge on any atom is -0.356 e. The van der Waals surface area contributed by atoms with Gasteiger partial charge in [0.2, 0.25) is 5.91 Å². The molecule has 3 nitrogen and oxygen atoms in total. The third-order valence-electron chi connectivity index (χ3n) is 2.02. The lowest BCUT2D eigenvalue weighted by Gasteiger charge is -2.17. The number of hydrogen-bond acceptors (Lipinski definition) is 2. The van der Waals surface area contributed by atoms with E-state index < -0.39 is 0 Å². The zero-order valence-electron chi connectivity index (χ0n) is 9.59. The fourth-order valence-corrected chi connectivity index (χ4v) is 1.60. The number of rotatable bonds is 6. The van der Waals surface area contributed by atoms with E-state index in [1.165, 1.54) is 6.92 Å². The summed E-state index contributed by atoms with van der Waals surface area (Å²) in [7, 11) is 0. The summed E-state index contributed by atoms with van der Waals surface area (Å²) in [5.41, 5.74) is 0. The maximum atomic E-state index is 11.0. The van der Waals surface area contributed by atoms with Gasteiger partial charge in [-0.3, -0.25) is 4.79 Å². The molecule has 0 aliphatic carbocycles. The molecule has 0 fully saturated rings. The number of carbonyl (C=O) groups excluding carboxylic acids is 2. The van der Waals surface area contributed by atoms with Gasteiger partial charge in [-0.1, -0.05) is 13.8 Å². The minimum absolute atomic E-state index is 0.0256. The SMILES string of the molecule is CC(=O)CC(CNC(C)=O)CC(C)C. The molecule has 0 saturated heterocycles. The van der Waals surface area contributed by atoms with Crippen molar-refractivity contribution in [2.45, 2.75) is 40.5 Å². The lowest BCUT2D eigenvalue weighted by molar-refractivity contribution is -0.120. The quantitative estimate of drug-likeness (QED) is 0.708. The summed E-state index contributed by atoms with van der Waals surface area (Å²) in [6, 6.07) is 0. The summed E-state index contributed by atoms with van der Waals surface area (Å²) in [5.74, 6) is 1.02. The van der Waals surface area contributed by atoms with Crippen molar-refractivity contribution in [2.75, 3.05) is 6.54 Å². The Morgan fingerprint density at radius 2 is 1.79 bits per heavy atom. The predicted molar refractivity (Wildman–Crippen MR) is 56.9 cm³/mol. The van der Waals surface area contributed by atoms with Gasteiger partial charge in [0, 0.05) is 19.9 Å². The molecule has 1 atom stereocenters. The van der Waals surface area contributed by atoms with Gasteiger partial charge < -0.3 is 10.1 Å². The zero-order valence-corrected chi connectivity index (χ0v) is 9.59. The monoisotopic (exact) mass is 199 g/mol. The van der Waals surface area contributed by atoms with Crippen molar-refractivity contribution in [1.29, 1.82) is 0 Å². The van der Waals surface area contributed by atoms with Gasteiger partial charge in [0.25, 0.3) is 0 Å². The molecule has 0 aromatic rings. The van der Waals surface area contributed by atoms with Crippen LogP contribution in [0.3, 0.4) is 0 Å². The van der Waals surface area contributed by atoms with Gasteiger partial charge in [-0.15, -0.1) is 0 Å². The molecule has 3 heteroatoms. The molecule has 0 aromatic heterocycles. The summed E-state index contributed by atoms with van der Waals surface area (Å²) in [4.78, 5) is 21.7. The van der Waals surface area contributed by atoms with E-state index in [-0.39, 0.29) is 17.6 Å². The Hall–Kier alpha value is -0.860. The van der Waals surface area contributed by atoms with Crippen molar-refractivity contribution >= 4 is 11.7 Å². The van der Waals surface area contributed by atoms with Gasteiger partial charge in [0.15, 0.2) is 0 Å². The third-order valence-corrected chi connectivity index (χ3v) is 2.02. The zero-order chi connectivity index (χ0) is 11.1. The van der Waals surface area contributed by atoms with Crippen LogP contribution in [-0.2, 0) is 9.59 Å². The highest BCUT2D eigenvalue weighted by Crippen LogP contribution is 2.14. The molecule has 82 valence electrons. The number of carbonyl (C=O) groups is 2. The van der Waals surface area contributed by atoms with Crippen LogP contribution in [-0.4, -0.2) is 18.2 Å². The average Bonchev–Trinajstić information content (AvgIpc) is 1.97. The van der Waals surface area contributed by atoms with Crippen molar-refractivity contribution < 1.29 is 9.59 Å². The maximum Gasteiger partial charge on any atom is 0.216 e. The summed E-state index contributed by atoms with van der Waals surface area (Å²) in [5, 5.41) is 2.77. The molecule has 1 amide bonds. The van der Waals surface area contributed by atoms with Crippen molar-refractivity contribution in [1.82, 2.24) is 5.32 Å².